The molecule has 0 saturated heterocycles. The summed E-state index contributed by atoms with van der Waals surface area (Å²) < 4.78 is 2.71. The fourth-order valence-corrected chi connectivity index (χ4v) is 0.833. The third-order valence-electron chi connectivity index (χ3n) is 1.21. The molecule has 0 unspecified atom stereocenters. The van der Waals surface area contributed by atoms with E-state index in [1.165, 1.54) is 0 Å². The van der Waals surface area contributed by atoms with Crippen molar-refractivity contribution >= 4 is 22.1 Å². The smallest absolute Gasteiger partial charge is 0.133 e. The molecular weight excluding hydrogens is 206 g/mol. The Kier molecular flexibility index (Phi) is 2.59. The van der Waals surface area contributed by atoms with Crippen molar-refractivity contribution in [1.82, 2.24) is 14.8 Å². The number of hydrogen-bond acceptors (Lipinski definition) is 2. The van der Waals surface area contributed by atoms with Crippen LogP contribution in [0.15, 0.2) is 23.5 Å². The molecule has 1 rings (SSSR count). The topological polar surface area (TPSA) is 30.7 Å². The summed E-state index contributed by atoms with van der Waals surface area (Å²) in [6, 6.07) is 0. The average molecular weight is 214 g/mol. The van der Waals surface area contributed by atoms with Crippen LogP contribution in [0.5, 0.6) is 0 Å². The van der Waals surface area contributed by atoms with Crippen LogP contribution in [0.1, 0.15) is 5.82 Å². The second-order valence-electron chi connectivity index (χ2n) is 2.00. The first-order valence-corrected chi connectivity index (χ1v) is 3.89. The molecule has 58 valence electrons. The molecule has 0 aliphatic carbocycles. The zero-order valence-corrected chi connectivity index (χ0v) is 7.74. The molecular formula is C7H8BrN3. The SMILES string of the molecule is C=C/C(Br)=C\n1cnnc1C. The van der Waals surface area contributed by atoms with Crippen LogP contribution in [-0.4, -0.2) is 14.8 Å². The van der Waals surface area contributed by atoms with Gasteiger partial charge in [-0.1, -0.05) is 12.7 Å². The molecule has 0 aliphatic rings. The van der Waals surface area contributed by atoms with E-state index in [2.05, 4.69) is 32.7 Å². The first kappa shape index (κ1) is 8.20. The van der Waals surface area contributed by atoms with Gasteiger partial charge in [-0.05, 0) is 22.9 Å². The highest BCUT2D eigenvalue weighted by atomic mass is 79.9. The zero-order valence-electron chi connectivity index (χ0n) is 6.16. The molecule has 1 aromatic rings. The van der Waals surface area contributed by atoms with Gasteiger partial charge in [-0.25, -0.2) is 0 Å². The Morgan fingerprint density at radius 2 is 2.55 bits per heavy atom. The van der Waals surface area contributed by atoms with Gasteiger partial charge in [0.1, 0.15) is 12.2 Å². The third-order valence-corrected chi connectivity index (χ3v) is 1.74. The first-order valence-electron chi connectivity index (χ1n) is 3.10. The molecule has 1 aromatic heterocycles. The third kappa shape index (κ3) is 2.01. The number of aromatic nitrogens is 3. The van der Waals surface area contributed by atoms with Gasteiger partial charge in [0.2, 0.25) is 0 Å². The molecule has 0 amide bonds. The summed E-state index contributed by atoms with van der Waals surface area (Å²) in [6.45, 7) is 5.48. The van der Waals surface area contributed by atoms with Crippen molar-refractivity contribution in [3.8, 4) is 0 Å². The molecule has 11 heavy (non-hydrogen) atoms. The van der Waals surface area contributed by atoms with E-state index in [0.717, 1.165) is 10.3 Å². The second-order valence-corrected chi connectivity index (χ2v) is 2.92. The van der Waals surface area contributed by atoms with Crippen molar-refractivity contribution in [3.63, 3.8) is 0 Å². The Morgan fingerprint density at radius 1 is 1.82 bits per heavy atom. The van der Waals surface area contributed by atoms with Gasteiger partial charge in [0, 0.05) is 10.7 Å². The fourth-order valence-electron chi connectivity index (χ4n) is 0.613. The van der Waals surface area contributed by atoms with Crippen LogP contribution in [-0.2, 0) is 0 Å². The van der Waals surface area contributed by atoms with E-state index in [-0.39, 0.29) is 0 Å². The number of hydrogen-bond donors (Lipinski definition) is 0. The lowest BCUT2D eigenvalue weighted by Gasteiger charge is -1.93. The van der Waals surface area contributed by atoms with Crippen LogP contribution in [0, 0.1) is 6.92 Å². The van der Waals surface area contributed by atoms with Gasteiger partial charge in [0.25, 0.3) is 0 Å². The maximum absolute atomic E-state index is 3.82. The zero-order chi connectivity index (χ0) is 8.27. The Balaban J connectivity index is 2.94. The maximum atomic E-state index is 3.82. The molecule has 0 fully saturated rings. The molecule has 4 heteroatoms. The van der Waals surface area contributed by atoms with E-state index in [1.54, 1.807) is 12.4 Å². The quantitative estimate of drug-likeness (QED) is 0.704. The van der Waals surface area contributed by atoms with E-state index in [4.69, 9.17) is 0 Å². The summed E-state index contributed by atoms with van der Waals surface area (Å²) in [6.07, 6.45) is 5.20. The first-order chi connectivity index (χ1) is 5.24. The minimum Gasteiger partial charge on any atom is -0.292 e. The number of rotatable bonds is 2. The molecule has 0 aliphatic heterocycles. The van der Waals surface area contributed by atoms with Crippen molar-refractivity contribution in [2.45, 2.75) is 6.92 Å². The molecule has 3 nitrogen and oxygen atoms in total. The highest BCUT2D eigenvalue weighted by Crippen LogP contribution is 2.07. The van der Waals surface area contributed by atoms with Crippen molar-refractivity contribution < 1.29 is 0 Å². The summed E-state index contributed by atoms with van der Waals surface area (Å²) >= 11 is 3.30. The largest absolute Gasteiger partial charge is 0.292 e. The molecule has 0 radical (unpaired) electrons. The highest BCUT2D eigenvalue weighted by Gasteiger charge is 1.93. The summed E-state index contributed by atoms with van der Waals surface area (Å²) in [7, 11) is 0. The van der Waals surface area contributed by atoms with Gasteiger partial charge in [-0.15, -0.1) is 10.2 Å². The molecule has 0 atom stereocenters. The Labute approximate surface area is 73.6 Å². The van der Waals surface area contributed by atoms with E-state index in [0.29, 0.717) is 0 Å². The van der Waals surface area contributed by atoms with E-state index in [1.807, 2.05) is 17.7 Å². The second kappa shape index (κ2) is 3.48. The fraction of sp³-hybridized carbons (Fsp3) is 0.143. The lowest BCUT2D eigenvalue weighted by atomic mass is 10.6. The monoisotopic (exact) mass is 213 g/mol. The van der Waals surface area contributed by atoms with Crippen LogP contribution in [0.3, 0.4) is 0 Å². The summed E-state index contributed by atoms with van der Waals surface area (Å²) in [5.74, 6) is 0.851. The van der Waals surface area contributed by atoms with Crippen LogP contribution in [0.25, 0.3) is 6.20 Å². The van der Waals surface area contributed by atoms with Gasteiger partial charge in [0.15, 0.2) is 0 Å². The highest BCUT2D eigenvalue weighted by molar-refractivity contribution is 9.12. The van der Waals surface area contributed by atoms with Crippen molar-refractivity contribution in [2.24, 2.45) is 0 Å². The molecule has 0 aromatic carbocycles. The predicted molar refractivity (Wildman–Crippen MR) is 48.2 cm³/mol. The van der Waals surface area contributed by atoms with Gasteiger partial charge in [-0.3, -0.25) is 4.57 Å². The predicted octanol–water partition coefficient (Wildman–Crippen LogP) is 1.97. The minimum absolute atomic E-state index is 0.851. The van der Waals surface area contributed by atoms with Gasteiger partial charge < -0.3 is 0 Å². The molecule has 0 spiro atoms. The number of aryl methyl sites for hydroxylation is 1. The summed E-state index contributed by atoms with van der Waals surface area (Å²) in [5, 5.41) is 7.54. The van der Waals surface area contributed by atoms with E-state index < -0.39 is 0 Å². The Hall–Kier alpha value is -0.900. The van der Waals surface area contributed by atoms with Crippen LogP contribution < -0.4 is 0 Å². The molecule has 0 saturated carbocycles. The van der Waals surface area contributed by atoms with E-state index in [9.17, 15) is 0 Å². The van der Waals surface area contributed by atoms with Crippen molar-refractivity contribution in [3.05, 3.63) is 29.3 Å². The van der Waals surface area contributed by atoms with Crippen LogP contribution >= 0.6 is 15.9 Å². The maximum Gasteiger partial charge on any atom is 0.133 e. The normalized spacial score (nSPS) is 11.6. The summed E-state index contributed by atoms with van der Waals surface area (Å²) in [4.78, 5) is 0. The van der Waals surface area contributed by atoms with E-state index >= 15 is 0 Å². The Morgan fingerprint density at radius 3 is 3.00 bits per heavy atom. The Bertz CT molecular complexity index is 288. The minimum atomic E-state index is 0.851. The molecule has 0 N–H and O–H groups in total. The summed E-state index contributed by atoms with van der Waals surface area (Å²) in [5.41, 5.74) is 0. The van der Waals surface area contributed by atoms with Crippen LogP contribution in [0.4, 0.5) is 0 Å². The average Bonchev–Trinajstić information content (AvgIpc) is 2.37. The molecule has 1 heterocycles. The van der Waals surface area contributed by atoms with Crippen LogP contribution in [0.2, 0.25) is 0 Å². The molecule has 0 bridgehead atoms. The van der Waals surface area contributed by atoms with Crippen molar-refractivity contribution in [1.29, 1.82) is 0 Å². The van der Waals surface area contributed by atoms with Gasteiger partial charge in [-0.2, -0.15) is 0 Å². The standard InChI is InChI=1S/C7H8BrN3/c1-3-7(8)4-11-5-9-10-6(11)2/h3-5H,1H2,2H3/b7-4+. The van der Waals surface area contributed by atoms with Crippen molar-refractivity contribution in [2.75, 3.05) is 0 Å². The van der Waals surface area contributed by atoms with Gasteiger partial charge >= 0.3 is 0 Å². The van der Waals surface area contributed by atoms with Gasteiger partial charge in [0.05, 0.1) is 0 Å². The number of halogens is 1. The lowest BCUT2D eigenvalue weighted by Crippen LogP contribution is -1.87. The number of allylic oxidation sites excluding steroid dienone is 2. The number of nitrogens with zero attached hydrogens (tertiary/aromatic N) is 3. The lowest BCUT2D eigenvalue weighted by molar-refractivity contribution is 1.01.